The largest absolute Gasteiger partial charge is 0.416 e. The van der Waals surface area contributed by atoms with Crippen LogP contribution in [0, 0.1) is 6.92 Å². The van der Waals surface area contributed by atoms with E-state index in [1.807, 2.05) is 0 Å². The molecule has 1 saturated carbocycles. The summed E-state index contributed by atoms with van der Waals surface area (Å²) < 4.78 is 46.1. The van der Waals surface area contributed by atoms with Crippen LogP contribution in [-0.4, -0.2) is 21.5 Å². The van der Waals surface area contributed by atoms with Crippen LogP contribution in [0.1, 0.15) is 63.8 Å². The van der Waals surface area contributed by atoms with Crippen LogP contribution in [0.15, 0.2) is 45.7 Å². The van der Waals surface area contributed by atoms with E-state index in [1.165, 1.54) is 25.1 Å². The highest BCUT2D eigenvalue weighted by Gasteiger charge is 2.31. The van der Waals surface area contributed by atoms with E-state index < -0.39 is 29.1 Å². The predicted molar refractivity (Wildman–Crippen MR) is 119 cm³/mol. The van der Waals surface area contributed by atoms with Gasteiger partial charge in [-0.25, -0.2) is 0 Å². The van der Waals surface area contributed by atoms with Crippen molar-refractivity contribution >= 4 is 11.8 Å². The lowest BCUT2D eigenvalue weighted by atomic mass is 10.0. The monoisotopic (exact) mass is 488 g/mol. The van der Waals surface area contributed by atoms with E-state index in [0.29, 0.717) is 22.9 Å². The summed E-state index contributed by atoms with van der Waals surface area (Å²) in [5.74, 6) is -0.545. The highest BCUT2D eigenvalue weighted by molar-refractivity contribution is 5.94. The smallest absolute Gasteiger partial charge is 0.370 e. The van der Waals surface area contributed by atoms with Gasteiger partial charge in [-0.05, 0) is 56.0 Å². The number of halogens is 3. The van der Waals surface area contributed by atoms with Gasteiger partial charge in [0, 0.05) is 29.8 Å². The van der Waals surface area contributed by atoms with Gasteiger partial charge in [0.1, 0.15) is 5.56 Å². The van der Waals surface area contributed by atoms with Gasteiger partial charge in [0.25, 0.3) is 11.5 Å². The van der Waals surface area contributed by atoms with Crippen LogP contribution in [-0.2, 0) is 23.9 Å². The molecule has 2 heterocycles. The molecule has 0 atom stereocenters. The Kier molecular flexibility index (Phi) is 6.51. The Hall–Kier alpha value is -3.89. The van der Waals surface area contributed by atoms with Gasteiger partial charge in [0.2, 0.25) is 5.91 Å². The lowest BCUT2D eigenvalue weighted by Gasteiger charge is -2.17. The van der Waals surface area contributed by atoms with Gasteiger partial charge >= 0.3 is 6.18 Å². The maximum atomic E-state index is 13.3. The van der Waals surface area contributed by atoms with Crippen molar-refractivity contribution in [3.8, 4) is 5.69 Å². The Bertz CT molecular complexity index is 1340. The molecule has 3 N–H and O–H groups in total. The molecule has 2 aromatic heterocycles. The maximum Gasteiger partial charge on any atom is 0.416 e. The van der Waals surface area contributed by atoms with E-state index in [-0.39, 0.29) is 30.6 Å². The summed E-state index contributed by atoms with van der Waals surface area (Å²) >= 11 is 0. The molecule has 1 aliphatic rings. The SMILES string of the molecule is Cc1c(CCC(N)=O)cc(C(=O)NCc2cc(C3CC3)no2)c(=O)n1-c1cccc(C(F)(F)F)c1. The topological polar surface area (TPSA) is 120 Å². The number of pyridine rings is 1. The molecular weight excluding hydrogens is 465 g/mol. The van der Waals surface area contributed by atoms with Gasteiger partial charge in [0.15, 0.2) is 5.76 Å². The zero-order valence-electron chi connectivity index (χ0n) is 18.8. The predicted octanol–water partition coefficient (Wildman–Crippen LogP) is 3.38. The summed E-state index contributed by atoms with van der Waals surface area (Å²) in [6, 6.07) is 7.34. The van der Waals surface area contributed by atoms with Crippen molar-refractivity contribution in [1.29, 1.82) is 0 Å². The first-order chi connectivity index (χ1) is 16.5. The number of alkyl halides is 3. The number of primary amides is 1. The molecule has 1 aromatic carbocycles. The fourth-order valence-corrected chi connectivity index (χ4v) is 3.81. The number of amides is 2. The average molecular weight is 488 g/mol. The Morgan fingerprint density at radius 2 is 1.97 bits per heavy atom. The van der Waals surface area contributed by atoms with Crippen molar-refractivity contribution in [2.45, 2.75) is 51.2 Å². The second kappa shape index (κ2) is 9.40. The fourth-order valence-electron chi connectivity index (χ4n) is 3.81. The Morgan fingerprint density at radius 3 is 2.63 bits per heavy atom. The van der Waals surface area contributed by atoms with Gasteiger partial charge < -0.3 is 15.6 Å². The van der Waals surface area contributed by atoms with E-state index in [0.717, 1.165) is 35.2 Å². The minimum absolute atomic E-state index is 0.0218. The lowest BCUT2D eigenvalue weighted by molar-refractivity contribution is -0.137. The van der Waals surface area contributed by atoms with Gasteiger partial charge in [-0.2, -0.15) is 13.2 Å². The summed E-state index contributed by atoms with van der Waals surface area (Å²) in [5.41, 5.74) is 4.72. The second-order valence-corrected chi connectivity index (χ2v) is 8.50. The molecule has 0 spiro atoms. The third kappa shape index (κ3) is 5.44. The number of nitrogens with two attached hydrogens (primary N) is 1. The number of benzene rings is 1. The van der Waals surface area contributed by atoms with Gasteiger partial charge in [-0.1, -0.05) is 11.2 Å². The first-order valence-corrected chi connectivity index (χ1v) is 11.0. The van der Waals surface area contributed by atoms with Crippen LogP contribution < -0.4 is 16.6 Å². The molecular formula is C24H23F3N4O4. The molecule has 2 amide bonds. The highest BCUT2D eigenvalue weighted by Crippen LogP contribution is 2.39. The Morgan fingerprint density at radius 1 is 1.23 bits per heavy atom. The number of rotatable bonds is 8. The molecule has 184 valence electrons. The number of carbonyl (C=O) groups is 2. The fraction of sp³-hybridized carbons (Fsp3) is 0.333. The minimum atomic E-state index is -4.62. The van der Waals surface area contributed by atoms with Crippen molar-refractivity contribution in [1.82, 2.24) is 15.0 Å². The Balaban J connectivity index is 1.70. The number of carbonyl (C=O) groups excluding carboxylic acids is 2. The normalized spacial score (nSPS) is 13.6. The second-order valence-electron chi connectivity index (χ2n) is 8.50. The van der Waals surface area contributed by atoms with Crippen molar-refractivity contribution in [3.63, 3.8) is 0 Å². The van der Waals surface area contributed by atoms with Crippen molar-refractivity contribution < 1.29 is 27.3 Å². The molecule has 1 aliphatic carbocycles. The molecule has 0 bridgehead atoms. The van der Waals surface area contributed by atoms with Crippen LogP contribution in [0.2, 0.25) is 0 Å². The lowest BCUT2D eigenvalue weighted by Crippen LogP contribution is -2.34. The number of nitrogens with one attached hydrogen (secondary N) is 1. The third-order valence-electron chi connectivity index (χ3n) is 5.87. The molecule has 8 nitrogen and oxygen atoms in total. The first-order valence-electron chi connectivity index (χ1n) is 11.0. The summed E-state index contributed by atoms with van der Waals surface area (Å²) in [5, 5.41) is 6.56. The van der Waals surface area contributed by atoms with E-state index in [2.05, 4.69) is 10.5 Å². The quantitative estimate of drug-likeness (QED) is 0.504. The first kappa shape index (κ1) is 24.2. The third-order valence-corrected chi connectivity index (χ3v) is 5.87. The number of aryl methyl sites for hydroxylation is 1. The average Bonchev–Trinajstić information content (AvgIpc) is 3.54. The summed E-state index contributed by atoms with van der Waals surface area (Å²) in [4.78, 5) is 37.6. The van der Waals surface area contributed by atoms with Crippen molar-refractivity contribution in [2.24, 2.45) is 5.73 Å². The van der Waals surface area contributed by atoms with Crippen LogP contribution in [0.4, 0.5) is 13.2 Å². The summed E-state index contributed by atoms with van der Waals surface area (Å²) in [6.07, 6.45) is -2.51. The molecule has 35 heavy (non-hydrogen) atoms. The molecule has 4 rings (SSSR count). The number of nitrogens with zero attached hydrogens (tertiary/aromatic N) is 2. The minimum Gasteiger partial charge on any atom is -0.370 e. The molecule has 11 heteroatoms. The van der Waals surface area contributed by atoms with Gasteiger partial charge in [-0.15, -0.1) is 0 Å². The standard InChI is InChI=1S/C24H23F3N4O4/c1-13-15(7-8-21(28)32)9-19(22(33)29-12-18-11-20(30-35-18)14-5-6-14)23(34)31(13)17-4-2-3-16(10-17)24(25,26)27/h2-4,9-11,14H,5-8,12H2,1H3,(H2,28,32)(H,29,33). The summed E-state index contributed by atoms with van der Waals surface area (Å²) in [6.45, 7) is 1.51. The van der Waals surface area contributed by atoms with Crippen LogP contribution >= 0.6 is 0 Å². The van der Waals surface area contributed by atoms with Crippen molar-refractivity contribution in [3.05, 3.63) is 80.6 Å². The molecule has 0 saturated heterocycles. The van der Waals surface area contributed by atoms with Crippen molar-refractivity contribution in [2.75, 3.05) is 0 Å². The van der Waals surface area contributed by atoms with Gasteiger partial charge in [0.05, 0.1) is 17.8 Å². The molecule has 0 radical (unpaired) electrons. The number of hydrogen-bond donors (Lipinski definition) is 2. The molecule has 0 unspecified atom stereocenters. The van der Waals surface area contributed by atoms with E-state index >= 15 is 0 Å². The highest BCUT2D eigenvalue weighted by atomic mass is 19.4. The molecule has 0 aliphatic heterocycles. The van der Waals surface area contributed by atoms with E-state index in [4.69, 9.17) is 10.3 Å². The molecule has 1 fully saturated rings. The maximum absolute atomic E-state index is 13.3. The van der Waals surface area contributed by atoms with Crippen LogP contribution in [0.25, 0.3) is 5.69 Å². The zero-order valence-corrected chi connectivity index (χ0v) is 18.8. The van der Waals surface area contributed by atoms with Crippen LogP contribution in [0.5, 0.6) is 0 Å². The van der Waals surface area contributed by atoms with E-state index in [1.54, 1.807) is 6.07 Å². The number of hydrogen-bond acceptors (Lipinski definition) is 5. The summed E-state index contributed by atoms with van der Waals surface area (Å²) in [7, 11) is 0. The molecule has 3 aromatic rings. The zero-order chi connectivity index (χ0) is 25.3. The number of aromatic nitrogens is 2. The van der Waals surface area contributed by atoms with Gasteiger partial charge in [-0.3, -0.25) is 19.0 Å². The van der Waals surface area contributed by atoms with Crippen LogP contribution in [0.3, 0.4) is 0 Å². The Labute approximate surface area is 197 Å². The van der Waals surface area contributed by atoms with E-state index in [9.17, 15) is 27.6 Å².